The lowest BCUT2D eigenvalue weighted by molar-refractivity contribution is 0.380. The fraction of sp³-hybridized carbons (Fsp3) is 0.364. The molecular weight excluding hydrogens is 352 g/mol. The summed E-state index contributed by atoms with van der Waals surface area (Å²) in [6.07, 6.45) is 1.63. The van der Waals surface area contributed by atoms with Crippen LogP contribution in [0.25, 0.3) is 21.5 Å². The van der Waals surface area contributed by atoms with Crippen LogP contribution in [-0.2, 0) is 0 Å². The van der Waals surface area contributed by atoms with Crippen molar-refractivity contribution in [1.82, 2.24) is 0 Å². The second kappa shape index (κ2) is 7.08. The molecule has 0 unspecified atom stereocenters. The Balaban J connectivity index is 2.21. The molecule has 0 N–H and O–H groups in total. The lowest BCUT2D eigenvalue weighted by Crippen LogP contribution is -2.30. The van der Waals surface area contributed by atoms with E-state index in [1.165, 1.54) is 0 Å². The summed E-state index contributed by atoms with van der Waals surface area (Å²) in [5.74, 6) is 2.00. The minimum atomic E-state index is -1.32. The van der Waals surface area contributed by atoms with Gasteiger partial charge in [-0.25, -0.2) is 0 Å². The van der Waals surface area contributed by atoms with Crippen LogP contribution in [-0.4, -0.2) is 28.6 Å². The van der Waals surface area contributed by atoms with Gasteiger partial charge >= 0.3 is 0 Å². The van der Waals surface area contributed by atoms with Crippen molar-refractivity contribution in [2.24, 2.45) is 0 Å². The molecule has 2 nitrogen and oxygen atoms in total. The predicted octanol–water partition coefficient (Wildman–Crippen LogP) is 6.51. The summed E-state index contributed by atoms with van der Waals surface area (Å²) in [4.78, 5) is 0. The van der Waals surface area contributed by atoms with Crippen LogP contribution < -0.4 is 9.47 Å². The normalized spacial score (nSPS) is 12.5. The van der Waals surface area contributed by atoms with E-state index in [-0.39, 0.29) is 0 Å². The zero-order valence-corrected chi connectivity index (χ0v) is 18.8. The summed E-state index contributed by atoms with van der Waals surface area (Å²) in [5, 5.41) is 4.59. The van der Waals surface area contributed by atoms with Crippen LogP contribution in [0.3, 0.4) is 0 Å². The molecule has 0 saturated heterocycles. The minimum Gasteiger partial charge on any atom is -0.496 e. The highest BCUT2D eigenvalue weighted by Gasteiger charge is 2.21. The van der Waals surface area contributed by atoms with E-state index in [0.29, 0.717) is 0 Å². The van der Waals surface area contributed by atoms with Crippen molar-refractivity contribution in [1.29, 1.82) is 0 Å². The molecule has 0 aromatic heterocycles. The van der Waals surface area contributed by atoms with Gasteiger partial charge in [0.1, 0.15) is 11.5 Å². The van der Waals surface area contributed by atoms with Crippen molar-refractivity contribution in [2.45, 2.75) is 39.3 Å². The van der Waals surface area contributed by atoms with Gasteiger partial charge in [0.05, 0.1) is 28.6 Å². The van der Waals surface area contributed by atoms with E-state index in [4.69, 9.17) is 9.47 Å². The third-order valence-electron chi connectivity index (χ3n) is 4.13. The lowest BCUT2D eigenvalue weighted by Gasteiger charge is -2.23. The van der Waals surface area contributed by atoms with Crippen molar-refractivity contribution >= 4 is 37.7 Å². The molecule has 0 radical (unpaired) electrons. The fourth-order valence-corrected chi connectivity index (χ4v) is 4.09. The summed E-state index contributed by atoms with van der Waals surface area (Å²) in [5.41, 5.74) is 0. The molecule has 0 spiro atoms. The van der Waals surface area contributed by atoms with E-state index in [0.717, 1.165) is 45.5 Å². The molecule has 138 valence electrons. The number of rotatable bonds is 6. The van der Waals surface area contributed by atoms with E-state index in [2.05, 4.69) is 87.8 Å². The Labute approximate surface area is 159 Å². The van der Waals surface area contributed by atoms with Crippen LogP contribution >= 0.6 is 0 Å². The Morgan fingerprint density at radius 3 is 1.04 bits per heavy atom. The molecule has 0 atom stereocenters. The number of ether oxygens (including phenoxy) is 2. The summed E-state index contributed by atoms with van der Waals surface area (Å²) in [6, 6.07) is 17.0. The van der Waals surface area contributed by atoms with Crippen molar-refractivity contribution in [3.8, 4) is 11.5 Å². The maximum Gasteiger partial charge on any atom is 0.134 e. The van der Waals surface area contributed by atoms with Crippen molar-refractivity contribution in [3.05, 3.63) is 48.5 Å². The Bertz CT molecular complexity index is 788. The van der Waals surface area contributed by atoms with E-state index >= 15 is 0 Å². The quantitative estimate of drug-likeness (QED) is 0.357. The number of hydrogen-bond acceptors (Lipinski definition) is 2. The average Bonchev–Trinajstić information content (AvgIpc) is 2.56. The van der Waals surface area contributed by atoms with Crippen LogP contribution in [0.1, 0.15) is 0 Å². The molecule has 26 heavy (non-hydrogen) atoms. The molecule has 0 amide bonds. The second-order valence-corrected chi connectivity index (χ2v) is 20.3. The molecule has 3 aromatic rings. The zero-order valence-electron chi connectivity index (χ0n) is 16.8. The highest BCUT2D eigenvalue weighted by atomic mass is 28.3. The van der Waals surface area contributed by atoms with E-state index in [9.17, 15) is 0 Å². The molecule has 0 saturated carbocycles. The molecule has 3 rings (SSSR count). The van der Waals surface area contributed by atoms with Gasteiger partial charge < -0.3 is 9.47 Å². The van der Waals surface area contributed by atoms with E-state index < -0.39 is 16.1 Å². The van der Waals surface area contributed by atoms with Crippen molar-refractivity contribution in [3.63, 3.8) is 0 Å². The van der Waals surface area contributed by atoms with Crippen LogP contribution in [0.2, 0.25) is 39.3 Å². The molecular formula is C22H30O2Si2. The standard InChI is InChI=1S/C22H30O2Si2/c1-25(2,3)15-23-21-17-11-7-9-13-19(17)22(24-16-26(4,5)6)20-14-10-8-12-18(20)21/h7-14H,15-16H2,1-6H3. The van der Waals surface area contributed by atoms with Crippen LogP contribution in [0.4, 0.5) is 0 Å². The molecule has 0 aliphatic heterocycles. The molecule has 0 aliphatic carbocycles. The highest BCUT2D eigenvalue weighted by Crippen LogP contribution is 2.43. The molecule has 0 fully saturated rings. The molecule has 4 heteroatoms. The molecule has 0 aliphatic rings. The van der Waals surface area contributed by atoms with Crippen LogP contribution in [0, 0.1) is 0 Å². The summed E-state index contributed by atoms with van der Waals surface area (Å²) < 4.78 is 12.8. The van der Waals surface area contributed by atoms with E-state index in [1.807, 2.05) is 0 Å². The van der Waals surface area contributed by atoms with Gasteiger partial charge in [-0.2, -0.15) is 0 Å². The van der Waals surface area contributed by atoms with Crippen molar-refractivity contribution in [2.75, 3.05) is 12.5 Å². The first kappa shape index (κ1) is 19.0. The van der Waals surface area contributed by atoms with Crippen molar-refractivity contribution < 1.29 is 9.47 Å². The largest absolute Gasteiger partial charge is 0.496 e. The Kier molecular flexibility index (Phi) is 5.17. The van der Waals surface area contributed by atoms with E-state index in [1.54, 1.807) is 0 Å². The predicted molar refractivity (Wildman–Crippen MR) is 119 cm³/mol. The Hall–Kier alpha value is -1.79. The number of hydrogen-bond donors (Lipinski definition) is 0. The van der Waals surface area contributed by atoms with Gasteiger partial charge in [-0.15, -0.1) is 0 Å². The van der Waals surface area contributed by atoms with Gasteiger partial charge in [0, 0.05) is 21.5 Å². The monoisotopic (exact) mass is 382 g/mol. The topological polar surface area (TPSA) is 18.5 Å². The lowest BCUT2D eigenvalue weighted by atomic mass is 10.0. The highest BCUT2D eigenvalue weighted by molar-refractivity contribution is 6.76. The minimum absolute atomic E-state index is 0.816. The first-order valence-corrected chi connectivity index (χ1v) is 16.8. The van der Waals surface area contributed by atoms with Gasteiger partial charge in [0.15, 0.2) is 0 Å². The summed E-state index contributed by atoms with van der Waals surface area (Å²) >= 11 is 0. The summed E-state index contributed by atoms with van der Waals surface area (Å²) in [6.45, 7) is 14.0. The third-order valence-corrected chi connectivity index (χ3v) is 6.15. The Morgan fingerprint density at radius 2 is 0.808 bits per heavy atom. The maximum atomic E-state index is 6.41. The first-order chi connectivity index (χ1) is 12.2. The van der Waals surface area contributed by atoms with Crippen LogP contribution in [0.5, 0.6) is 11.5 Å². The van der Waals surface area contributed by atoms with Gasteiger partial charge in [-0.1, -0.05) is 87.8 Å². The number of benzene rings is 3. The van der Waals surface area contributed by atoms with Gasteiger partial charge in [0.2, 0.25) is 0 Å². The summed E-state index contributed by atoms with van der Waals surface area (Å²) in [7, 11) is -2.63. The SMILES string of the molecule is C[Si](C)(C)COc1c2ccccc2c(OC[Si](C)(C)C)c2ccccc12. The van der Waals surface area contributed by atoms with Gasteiger partial charge in [0.25, 0.3) is 0 Å². The number of fused-ring (bicyclic) bond motifs is 2. The average molecular weight is 383 g/mol. The fourth-order valence-electron chi connectivity index (χ4n) is 2.94. The maximum absolute atomic E-state index is 6.41. The van der Waals surface area contributed by atoms with Gasteiger partial charge in [-0.05, 0) is 0 Å². The molecule has 3 aromatic carbocycles. The van der Waals surface area contributed by atoms with Crippen LogP contribution in [0.15, 0.2) is 48.5 Å². The third kappa shape index (κ3) is 4.30. The smallest absolute Gasteiger partial charge is 0.134 e. The molecule has 0 heterocycles. The zero-order chi connectivity index (χ0) is 18.9. The molecule has 0 bridgehead atoms. The first-order valence-electron chi connectivity index (χ1n) is 9.35. The second-order valence-electron chi connectivity index (χ2n) is 9.45. The Morgan fingerprint density at radius 1 is 0.538 bits per heavy atom. The van der Waals surface area contributed by atoms with Gasteiger partial charge in [-0.3, -0.25) is 0 Å².